The first kappa shape index (κ1) is 82.4. The lowest BCUT2D eigenvalue weighted by Crippen LogP contribution is -2.38. The predicted octanol–water partition coefficient (Wildman–Crippen LogP) is 24.6. The smallest absolute Gasteiger partial charge is 0.229 e. The average molecular weight is 1670 g/mol. The number of hydrogen-bond acceptors (Lipinski definition) is 10. The number of amides is 4. The number of aromatic nitrogens is 10. The Bertz CT molecular complexity index is 4910. The number of imidazole rings is 5. The zero-order chi connectivity index (χ0) is 80.0. The molecule has 0 saturated heterocycles. The van der Waals surface area contributed by atoms with Gasteiger partial charge in [-0.15, -0.1) is 0 Å². The highest BCUT2D eigenvalue weighted by Gasteiger charge is 2.48. The molecule has 2 atom stereocenters. The number of fused-ring (bicyclic) bond motifs is 5. The summed E-state index contributed by atoms with van der Waals surface area (Å²) in [7, 11) is 0. The molecule has 0 bridgehead atoms. The summed E-state index contributed by atoms with van der Waals surface area (Å²) in [6.07, 6.45) is 21.0. The molecule has 4 amide bonds. The molecule has 5 N–H and O–H groups in total. The first-order chi connectivity index (χ1) is 53.0. The SMILES string of the molecule is C=C(Nc1nc2ccc(Cl)cc2n1C1CCC1)[C@H]1CC1(C)C.CC(C)(C)CC(=O)Nc1nc2ccc(Br)cc2n1C1CCC1.CC(C)(C)CC(=O)Nc1nc2ccc(Cl)cc2n1C1CCC1.CC(C)[C@H](C)C(=O)Nc1nc2ccc(Cl)cc2n1C1CCC1.CC1(F)CC(CC(=O)Nc2nc3ccc(Cl)cc3n2C2CCC2)C1. The second-order valence-electron chi connectivity index (χ2n) is 36.0. The summed E-state index contributed by atoms with van der Waals surface area (Å²) in [4.78, 5) is 72.5. The number of carbonyl (C=O) groups excluding carboxylic acids is 4. The molecule has 0 aliphatic heterocycles. The van der Waals surface area contributed by atoms with E-state index in [1.54, 1.807) is 6.92 Å². The van der Waals surface area contributed by atoms with Gasteiger partial charge in [0.1, 0.15) is 5.67 Å². The van der Waals surface area contributed by atoms with Gasteiger partial charge in [0.25, 0.3) is 0 Å². The van der Waals surface area contributed by atoms with Gasteiger partial charge in [0.2, 0.25) is 53.4 Å². The van der Waals surface area contributed by atoms with E-state index in [4.69, 9.17) is 51.4 Å². The normalized spacial score (nSPS) is 19.8. The van der Waals surface area contributed by atoms with Gasteiger partial charge in [-0.05, 0) is 242 Å². The molecule has 5 aromatic carbocycles. The number of hydrogen-bond donors (Lipinski definition) is 5. The van der Waals surface area contributed by atoms with E-state index in [-0.39, 0.29) is 46.3 Å². The van der Waals surface area contributed by atoms with Crippen LogP contribution in [0.4, 0.5) is 34.1 Å². The third-order valence-electron chi connectivity index (χ3n) is 23.3. The Kier molecular flexibility index (Phi) is 24.8. The Morgan fingerprint density at radius 3 is 1.03 bits per heavy atom. The van der Waals surface area contributed by atoms with Crippen molar-refractivity contribution in [3.8, 4) is 0 Å². The molecule has 25 heteroatoms. The summed E-state index contributed by atoms with van der Waals surface area (Å²) >= 11 is 28.1. The molecule has 5 aromatic heterocycles. The standard InChI is InChI=1S/C18H21ClFN3O.C18H22ClN3.C17H22BrN3O.2C17H22ClN3O/c1-18(20)9-11(10-18)7-16(24)22-17-21-14-6-5-12(19)8-15(14)23(17)13-3-2-4-13;1-11(14-10-18(14,2)3)20-17-21-15-8-7-12(19)9-16(15)22(17)13-5-4-6-13;2*1-17(2,3)10-15(22)20-16-19-13-8-7-11(18)9-14(13)21(16)12-5-4-6-12;1-10(2)11(3)16(22)20-17-19-14-8-7-12(18)9-15(14)21(17)13-5-4-6-13/h5-6,8,11,13H,2-4,7,9-10H2,1H3,(H,21,22,24);7-9,13-14H,1,4-6,10H2,2-3H3,(H,20,21);2*7-9,12H,4-6,10H2,1-3H3,(H,19,20,22);7-11,13H,4-6H2,1-3H3,(H,19,20,22)/t;14-;;;11-/m.1..0/s1. The lowest BCUT2D eigenvalue weighted by Gasteiger charge is -2.38. The van der Waals surface area contributed by atoms with E-state index in [0.717, 1.165) is 128 Å². The second-order valence-corrected chi connectivity index (χ2v) is 38.7. The minimum Gasteiger partial charge on any atom is -0.330 e. The van der Waals surface area contributed by atoms with Gasteiger partial charge in [-0.3, -0.25) is 40.4 Å². The molecule has 112 heavy (non-hydrogen) atoms. The minimum atomic E-state index is -1.10. The fourth-order valence-corrected chi connectivity index (χ4v) is 16.7. The van der Waals surface area contributed by atoms with Crippen molar-refractivity contribution in [2.75, 3.05) is 26.6 Å². The zero-order valence-electron chi connectivity index (χ0n) is 66.8. The number of allylic oxidation sites excluding steroid dienone is 1. The van der Waals surface area contributed by atoms with Crippen molar-refractivity contribution in [2.45, 2.75) is 254 Å². The monoisotopic (exact) mass is 1670 g/mol. The molecule has 0 radical (unpaired) electrons. The van der Waals surface area contributed by atoms with Crippen LogP contribution in [0.15, 0.2) is 108 Å². The second kappa shape index (κ2) is 33.7. The Morgan fingerprint density at radius 2 is 0.750 bits per heavy atom. The van der Waals surface area contributed by atoms with Crippen LogP contribution < -0.4 is 26.6 Å². The van der Waals surface area contributed by atoms with Gasteiger partial charge in [0, 0.05) is 91.6 Å². The highest BCUT2D eigenvalue weighted by Crippen LogP contribution is 2.55. The third-order valence-corrected chi connectivity index (χ3v) is 24.8. The summed E-state index contributed by atoms with van der Waals surface area (Å²) in [5, 5.41) is 18.3. The van der Waals surface area contributed by atoms with Gasteiger partial charge in [-0.1, -0.05) is 145 Å². The largest absolute Gasteiger partial charge is 0.330 e. The zero-order valence-corrected chi connectivity index (χ0v) is 71.4. The minimum absolute atomic E-state index is 0.00877. The first-order valence-corrected chi connectivity index (χ1v) is 42.5. The summed E-state index contributed by atoms with van der Waals surface area (Å²) in [5.41, 5.74) is 10.0. The van der Waals surface area contributed by atoms with Crippen LogP contribution in [0.3, 0.4) is 0 Å². The van der Waals surface area contributed by atoms with E-state index < -0.39 is 5.67 Å². The molecule has 7 fully saturated rings. The van der Waals surface area contributed by atoms with Gasteiger partial charge in [0.15, 0.2) is 0 Å². The number of rotatable bonds is 18. The molecule has 0 spiro atoms. The maximum Gasteiger partial charge on any atom is 0.229 e. The predicted molar refractivity (Wildman–Crippen MR) is 459 cm³/mol. The van der Waals surface area contributed by atoms with Gasteiger partial charge >= 0.3 is 0 Å². The first-order valence-electron chi connectivity index (χ1n) is 40.2. The van der Waals surface area contributed by atoms with E-state index >= 15 is 0 Å². The van der Waals surface area contributed by atoms with Crippen LogP contribution in [-0.2, 0) is 19.2 Å². The van der Waals surface area contributed by atoms with Crippen LogP contribution in [-0.4, -0.2) is 77.1 Å². The van der Waals surface area contributed by atoms with Crippen LogP contribution in [0.1, 0.15) is 248 Å². The Balaban J connectivity index is 0.000000123. The van der Waals surface area contributed by atoms with Crippen molar-refractivity contribution in [3.05, 3.63) is 128 Å². The maximum atomic E-state index is 13.6. The van der Waals surface area contributed by atoms with Gasteiger partial charge in [-0.2, -0.15) is 0 Å². The molecular formula is C87H109BrCl4FN15O4. The van der Waals surface area contributed by atoms with Gasteiger partial charge < -0.3 is 28.2 Å². The van der Waals surface area contributed by atoms with Crippen molar-refractivity contribution in [2.24, 2.45) is 39.9 Å². The summed E-state index contributed by atoms with van der Waals surface area (Å²) in [5.74, 6) is 4.42. The van der Waals surface area contributed by atoms with E-state index in [2.05, 4.69) is 167 Å². The van der Waals surface area contributed by atoms with Crippen molar-refractivity contribution in [3.63, 3.8) is 0 Å². The number of halogens is 6. The number of anilines is 5. The van der Waals surface area contributed by atoms with Crippen LogP contribution >= 0.6 is 62.3 Å². The molecular weight excluding hydrogens is 1560 g/mol. The van der Waals surface area contributed by atoms with Crippen LogP contribution in [0.2, 0.25) is 20.1 Å². The molecule has 5 heterocycles. The van der Waals surface area contributed by atoms with Crippen LogP contribution in [0.25, 0.3) is 55.2 Å². The summed E-state index contributed by atoms with van der Waals surface area (Å²) < 4.78 is 25.5. The Morgan fingerprint density at radius 1 is 0.464 bits per heavy atom. The van der Waals surface area contributed by atoms with Gasteiger partial charge in [0.05, 0.1) is 55.2 Å². The Hall–Kier alpha value is -7.56. The van der Waals surface area contributed by atoms with E-state index in [9.17, 15) is 23.6 Å². The van der Waals surface area contributed by atoms with Crippen molar-refractivity contribution in [1.29, 1.82) is 0 Å². The molecule has 19 nitrogen and oxygen atoms in total. The lowest BCUT2D eigenvalue weighted by molar-refractivity contribution is -0.121. The molecule has 7 aliphatic carbocycles. The number of carbonyl (C=O) groups is 4. The molecule has 0 unspecified atom stereocenters. The third kappa shape index (κ3) is 19.5. The molecule has 598 valence electrons. The van der Waals surface area contributed by atoms with E-state index in [1.165, 1.54) is 51.4 Å². The summed E-state index contributed by atoms with van der Waals surface area (Å²) in [6.45, 7) is 28.9. The summed E-state index contributed by atoms with van der Waals surface area (Å²) in [6, 6.07) is 31.1. The number of nitrogens with zero attached hydrogens (tertiary/aromatic N) is 10. The molecule has 7 saturated carbocycles. The van der Waals surface area contributed by atoms with E-state index in [1.807, 2.05) is 91.9 Å². The highest BCUT2D eigenvalue weighted by atomic mass is 79.9. The maximum absolute atomic E-state index is 13.6. The van der Waals surface area contributed by atoms with Crippen LogP contribution in [0.5, 0.6) is 0 Å². The molecule has 7 aliphatic rings. The number of nitrogens with one attached hydrogen (secondary N) is 5. The fourth-order valence-electron chi connectivity index (χ4n) is 15.7. The van der Waals surface area contributed by atoms with E-state index in [0.29, 0.717) is 118 Å². The van der Waals surface area contributed by atoms with Crippen LogP contribution in [0, 0.1) is 39.9 Å². The lowest BCUT2D eigenvalue weighted by atomic mass is 9.72. The topological polar surface area (TPSA) is 218 Å². The number of alkyl halides is 1. The number of benzene rings is 5. The van der Waals surface area contributed by atoms with Crippen molar-refractivity contribution >= 4 is 171 Å². The Labute approximate surface area is 685 Å². The quantitative estimate of drug-likeness (QED) is 0.0547. The fraction of sp³-hybridized carbons (Fsp3) is 0.529. The van der Waals surface area contributed by atoms with Crippen molar-refractivity contribution < 1.29 is 23.6 Å². The average Bonchev–Trinajstić information content (AvgIpc) is 1.65. The van der Waals surface area contributed by atoms with Gasteiger partial charge in [-0.25, -0.2) is 29.3 Å². The highest BCUT2D eigenvalue weighted by molar-refractivity contribution is 9.10. The van der Waals surface area contributed by atoms with Crippen molar-refractivity contribution in [1.82, 2.24) is 47.8 Å². The molecule has 10 aromatic rings. The molecule has 17 rings (SSSR count).